The topological polar surface area (TPSA) is 57.8 Å². The number of fused-ring (bicyclic) bond motifs is 1. The third-order valence-electron chi connectivity index (χ3n) is 4.08. The molecule has 114 valence electrons. The smallest absolute Gasteiger partial charge is 0.255 e. The molecule has 0 bridgehead atoms. The maximum atomic E-state index is 12.5. The van der Waals surface area contributed by atoms with Crippen molar-refractivity contribution in [3.05, 3.63) is 32.9 Å². The number of hydrogen-bond donors (Lipinski definition) is 1. The Morgan fingerprint density at radius 2 is 2.00 bits per heavy atom. The number of nitrogens with zero attached hydrogens (tertiary/aromatic N) is 2. The summed E-state index contributed by atoms with van der Waals surface area (Å²) in [6, 6.07) is 5.56. The van der Waals surface area contributed by atoms with E-state index in [0.717, 1.165) is 18.4 Å². The Kier molecular flexibility index (Phi) is 3.76. The number of halogens is 3. The lowest BCUT2D eigenvalue weighted by molar-refractivity contribution is 0.0950. The Bertz CT molecular complexity index is 831. The highest BCUT2D eigenvalue weighted by atomic mass is 35.5. The van der Waals surface area contributed by atoms with Gasteiger partial charge in [-0.3, -0.25) is 4.79 Å². The first-order chi connectivity index (χ1) is 10.4. The van der Waals surface area contributed by atoms with E-state index in [4.69, 9.17) is 40.1 Å². The van der Waals surface area contributed by atoms with E-state index in [1.807, 2.05) is 0 Å². The number of carbonyl (C=O) groups excluding carboxylic acids is 1. The second-order valence-corrected chi connectivity index (χ2v) is 6.76. The van der Waals surface area contributed by atoms with E-state index in [9.17, 15) is 4.79 Å². The molecule has 22 heavy (non-hydrogen) atoms. The molecule has 1 aromatic heterocycles. The minimum Gasteiger partial charge on any atom is -0.350 e. The highest BCUT2D eigenvalue weighted by Gasteiger charge is 2.43. The van der Waals surface area contributed by atoms with Gasteiger partial charge in [0.1, 0.15) is 5.15 Å². The van der Waals surface area contributed by atoms with Gasteiger partial charge in [0.25, 0.3) is 5.91 Å². The number of hydrogen-bond acceptors (Lipinski definition) is 2. The molecule has 0 atom stereocenters. The molecule has 7 heteroatoms. The standard InChI is InChI=1S/C15H12Cl3N3O/c1-21-11-5-10(17)9(16)4-8(11)12(13(21)18)14(22)20-7-15(6-19)2-3-15/h4-5H,2-3,7H2,1H3,(H,20,22). The third-order valence-corrected chi connectivity index (χ3v) is 5.24. The van der Waals surface area contributed by atoms with Crippen molar-refractivity contribution < 1.29 is 4.79 Å². The van der Waals surface area contributed by atoms with Gasteiger partial charge in [0, 0.05) is 19.0 Å². The third kappa shape index (κ3) is 2.44. The zero-order valence-electron chi connectivity index (χ0n) is 11.7. The zero-order valence-corrected chi connectivity index (χ0v) is 14.0. The maximum Gasteiger partial charge on any atom is 0.255 e. The number of amides is 1. The van der Waals surface area contributed by atoms with Crippen LogP contribution in [0.5, 0.6) is 0 Å². The quantitative estimate of drug-likeness (QED) is 0.897. The molecule has 0 saturated heterocycles. The summed E-state index contributed by atoms with van der Waals surface area (Å²) in [6.07, 6.45) is 1.63. The summed E-state index contributed by atoms with van der Waals surface area (Å²) in [4.78, 5) is 12.5. The summed E-state index contributed by atoms with van der Waals surface area (Å²) < 4.78 is 1.69. The molecular weight excluding hydrogens is 345 g/mol. The Morgan fingerprint density at radius 3 is 2.59 bits per heavy atom. The molecule has 1 aliphatic carbocycles. The fourth-order valence-electron chi connectivity index (χ4n) is 2.43. The minimum absolute atomic E-state index is 0.310. The number of nitriles is 1. The van der Waals surface area contributed by atoms with Crippen LogP contribution in [0, 0.1) is 16.7 Å². The lowest BCUT2D eigenvalue weighted by atomic mass is 10.1. The van der Waals surface area contributed by atoms with E-state index in [0.29, 0.717) is 32.7 Å². The number of aryl methyl sites for hydroxylation is 1. The Balaban J connectivity index is 1.99. The lowest BCUT2D eigenvalue weighted by Crippen LogP contribution is -2.29. The van der Waals surface area contributed by atoms with Gasteiger partial charge in [-0.1, -0.05) is 34.8 Å². The fraction of sp³-hybridized carbons (Fsp3) is 0.333. The summed E-state index contributed by atoms with van der Waals surface area (Å²) in [5.74, 6) is -0.310. The van der Waals surface area contributed by atoms with E-state index < -0.39 is 5.41 Å². The van der Waals surface area contributed by atoms with Gasteiger partial charge in [0.2, 0.25) is 0 Å². The van der Waals surface area contributed by atoms with Gasteiger partial charge < -0.3 is 9.88 Å². The van der Waals surface area contributed by atoms with Gasteiger partial charge in [0.05, 0.1) is 32.6 Å². The fourth-order valence-corrected chi connectivity index (χ4v) is 3.03. The van der Waals surface area contributed by atoms with Crippen LogP contribution in [-0.2, 0) is 7.05 Å². The largest absolute Gasteiger partial charge is 0.350 e. The molecule has 1 heterocycles. The van der Waals surface area contributed by atoms with Crippen LogP contribution >= 0.6 is 34.8 Å². The minimum atomic E-state index is -0.409. The van der Waals surface area contributed by atoms with Crippen LogP contribution in [0.15, 0.2) is 12.1 Å². The van der Waals surface area contributed by atoms with E-state index in [1.165, 1.54) is 0 Å². The molecule has 1 N–H and O–H groups in total. The molecule has 1 fully saturated rings. The van der Waals surface area contributed by atoms with Crippen molar-refractivity contribution in [1.82, 2.24) is 9.88 Å². The first kappa shape index (κ1) is 15.5. The Morgan fingerprint density at radius 1 is 1.36 bits per heavy atom. The number of rotatable bonds is 3. The van der Waals surface area contributed by atoms with Gasteiger partial charge >= 0.3 is 0 Å². The summed E-state index contributed by atoms with van der Waals surface area (Å²) in [5.41, 5.74) is 0.672. The Labute approximate surface area is 142 Å². The number of carbonyl (C=O) groups is 1. The highest BCUT2D eigenvalue weighted by molar-refractivity contribution is 6.43. The van der Waals surface area contributed by atoms with Crippen LogP contribution in [0.2, 0.25) is 15.2 Å². The first-order valence-corrected chi connectivity index (χ1v) is 7.84. The molecule has 1 amide bonds. The summed E-state index contributed by atoms with van der Waals surface area (Å²) in [5, 5.41) is 13.6. The number of nitrogens with one attached hydrogen (secondary N) is 1. The van der Waals surface area contributed by atoms with Crippen molar-refractivity contribution in [2.45, 2.75) is 12.8 Å². The van der Waals surface area contributed by atoms with E-state index >= 15 is 0 Å². The van der Waals surface area contributed by atoms with Crippen LogP contribution in [0.25, 0.3) is 10.9 Å². The molecule has 0 spiro atoms. The van der Waals surface area contributed by atoms with Gasteiger partial charge in [0.15, 0.2) is 0 Å². The first-order valence-electron chi connectivity index (χ1n) is 6.71. The molecule has 1 aliphatic rings. The van der Waals surface area contributed by atoms with Crippen LogP contribution in [-0.4, -0.2) is 17.0 Å². The highest BCUT2D eigenvalue weighted by Crippen LogP contribution is 2.44. The van der Waals surface area contributed by atoms with E-state index in [-0.39, 0.29) is 5.91 Å². The van der Waals surface area contributed by atoms with Crippen LogP contribution in [0.4, 0.5) is 0 Å². The van der Waals surface area contributed by atoms with Crippen molar-refractivity contribution in [1.29, 1.82) is 5.26 Å². The molecule has 3 rings (SSSR count). The van der Waals surface area contributed by atoms with Crippen molar-refractivity contribution >= 4 is 51.6 Å². The summed E-state index contributed by atoms with van der Waals surface area (Å²) in [6.45, 7) is 0.330. The molecular formula is C15H12Cl3N3O. The van der Waals surface area contributed by atoms with Crippen molar-refractivity contribution in [3.8, 4) is 6.07 Å². The monoisotopic (exact) mass is 355 g/mol. The zero-order chi connectivity index (χ0) is 16.1. The van der Waals surface area contributed by atoms with Gasteiger partial charge in [-0.25, -0.2) is 0 Å². The summed E-state index contributed by atoms with van der Waals surface area (Å²) >= 11 is 18.4. The second kappa shape index (κ2) is 5.34. The van der Waals surface area contributed by atoms with Crippen LogP contribution < -0.4 is 5.32 Å². The lowest BCUT2D eigenvalue weighted by Gasteiger charge is -2.08. The summed E-state index contributed by atoms with van der Waals surface area (Å²) in [7, 11) is 1.75. The molecule has 2 aromatic rings. The van der Waals surface area contributed by atoms with Gasteiger partial charge in [-0.15, -0.1) is 0 Å². The van der Waals surface area contributed by atoms with Crippen molar-refractivity contribution in [2.24, 2.45) is 12.5 Å². The number of benzene rings is 1. The van der Waals surface area contributed by atoms with Crippen molar-refractivity contribution in [3.63, 3.8) is 0 Å². The van der Waals surface area contributed by atoms with E-state index in [2.05, 4.69) is 11.4 Å². The van der Waals surface area contributed by atoms with Crippen molar-refractivity contribution in [2.75, 3.05) is 6.54 Å². The van der Waals surface area contributed by atoms with Gasteiger partial charge in [-0.2, -0.15) is 5.26 Å². The van der Waals surface area contributed by atoms with Crippen LogP contribution in [0.1, 0.15) is 23.2 Å². The predicted octanol–water partition coefficient (Wildman–Crippen LogP) is 4.17. The SMILES string of the molecule is Cn1c(Cl)c(C(=O)NCC2(C#N)CC2)c2cc(Cl)c(Cl)cc21. The molecule has 0 unspecified atom stereocenters. The average Bonchev–Trinajstić information content (AvgIpc) is 3.24. The average molecular weight is 357 g/mol. The van der Waals surface area contributed by atoms with E-state index in [1.54, 1.807) is 23.7 Å². The number of aromatic nitrogens is 1. The van der Waals surface area contributed by atoms with Crippen LogP contribution in [0.3, 0.4) is 0 Å². The van der Waals surface area contributed by atoms with Gasteiger partial charge in [-0.05, 0) is 25.0 Å². The molecule has 0 radical (unpaired) electrons. The molecule has 0 aliphatic heterocycles. The normalized spacial score (nSPS) is 15.6. The maximum absolute atomic E-state index is 12.5. The second-order valence-electron chi connectivity index (χ2n) is 5.58. The molecule has 4 nitrogen and oxygen atoms in total. The molecule has 1 aromatic carbocycles. The Hall–Kier alpha value is -1.41. The molecule has 1 saturated carbocycles. The predicted molar refractivity (Wildman–Crippen MR) is 87.6 cm³/mol.